The Morgan fingerprint density at radius 2 is 1.84 bits per heavy atom. The molecule has 19 heavy (non-hydrogen) atoms. The fourth-order valence-corrected chi connectivity index (χ4v) is 3.29. The molecule has 2 heterocycles. The van der Waals surface area contributed by atoms with E-state index in [-0.39, 0.29) is 0 Å². The Hall–Kier alpha value is -1.06. The summed E-state index contributed by atoms with van der Waals surface area (Å²) in [5, 5.41) is 4.10. The van der Waals surface area contributed by atoms with Crippen molar-refractivity contribution in [2.75, 3.05) is 19.6 Å². The van der Waals surface area contributed by atoms with Gasteiger partial charge in [-0.3, -0.25) is 4.79 Å². The first-order valence-corrected chi connectivity index (χ1v) is 7.37. The van der Waals surface area contributed by atoms with Gasteiger partial charge in [0.1, 0.15) is 0 Å². The van der Waals surface area contributed by atoms with E-state index in [4.69, 9.17) is 11.6 Å². The SMILES string of the molecule is O=C1C[C@@H](c2ccc(Cl)cc2)CN1C1CCNCC1. The number of benzene rings is 1. The van der Waals surface area contributed by atoms with Gasteiger partial charge in [0, 0.05) is 29.9 Å². The predicted molar refractivity (Wildman–Crippen MR) is 76.4 cm³/mol. The van der Waals surface area contributed by atoms with Crippen LogP contribution in [0.1, 0.15) is 30.7 Å². The maximum atomic E-state index is 12.2. The minimum absolute atomic E-state index is 0.312. The summed E-state index contributed by atoms with van der Waals surface area (Å²) in [6.07, 6.45) is 2.81. The molecule has 0 unspecified atom stereocenters. The Kier molecular flexibility index (Phi) is 3.76. The maximum Gasteiger partial charge on any atom is 0.223 e. The van der Waals surface area contributed by atoms with Gasteiger partial charge in [0.05, 0.1) is 0 Å². The van der Waals surface area contributed by atoms with Crippen LogP contribution in [0.2, 0.25) is 5.02 Å². The first-order chi connectivity index (χ1) is 9.24. The van der Waals surface area contributed by atoms with Crippen LogP contribution in [0.3, 0.4) is 0 Å². The number of hydrogen-bond donors (Lipinski definition) is 1. The average molecular weight is 279 g/mol. The third kappa shape index (κ3) is 2.77. The third-order valence-corrected chi connectivity index (χ3v) is 4.50. The molecule has 0 radical (unpaired) electrons. The van der Waals surface area contributed by atoms with Crippen molar-refractivity contribution in [2.24, 2.45) is 0 Å². The van der Waals surface area contributed by atoms with E-state index in [9.17, 15) is 4.79 Å². The molecule has 0 spiro atoms. The summed E-state index contributed by atoms with van der Waals surface area (Å²) in [4.78, 5) is 14.3. The summed E-state index contributed by atoms with van der Waals surface area (Å²) in [6.45, 7) is 2.92. The number of likely N-dealkylation sites (tertiary alicyclic amines) is 1. The smallest absolute Gasteiger partial charge is 0.223 e. The zero-order valence-corrected chi connectivity index (χ0v) is 11.7. The van der Waals surface area contributed by atoms with Crippen LogP contribution >= 0.6 is 11.6 Å². The van der Waals surface area contributed by atoms with Gasteiger partial charge in [-0.15, -0.1) is 0 Å². The van der Waals surface area contributed by atoms with Gasteiger partial charge in [0.25, 0.3) is 0 Å². The highest BCUT2D eigenvalue weighted by molar-refractivity contribution is 6.30. The summed E-state index contributed by atoms with van der Waals surface area (Å²) < 4.78 is 0. The Bertz CT molecular complexity index is 454. The highest BCUT2D eigenvalue weighted by Gasteiger charge is 2.35. The molecular weight excluding hydrogens is 260 g/mol. The molecule has 3 nitrogen and oxygen atoms in total. The van der Waals surface area contributed by atoms with E-state index >= 15 is 0 Å². The Labute approximate surface area is 118 Å². The molecule has 1 aromatic carbocycles. The molecule has 2 aliphatic heterocycles. The van der Waals surface area contributed by atoms with Crippen molar-refractivity contribution in [1.29, 1.82) is 0 Å². The Balaban J connectivity index is 1.70. The minimum Gasteiger partial charge on any atom is -0.339 e. The average Bonchev–Trinajstić information content (AvgIpc) is 2.83. The van der Waals surface area contributed by atoms with Crippen LogP contribution in [0.5, 0.6) is 0 Å². The van der Waals surface area contributed by atoms with E-state index in [0.29, 0.717) is 24.3 Å². The van der Waals surface area contributed by atoms with E-state index in [0.717, 1.165) is 37.5 Å². The van der Waals surface area contributed by atoms with Gasteiger partial charge < -0.3 is 10.2 Å². The second kappa shape index (κ2) is 5.51. The van der Waals surface area contributed by atoms with Gasteiger partial charge in [-0.1, -0.05) is 23.7 Å². The van der Waals surface area contributed by atoms with Crippen LogP contribution in [0.4, 0.5) is 0 Å². The highest BCUT2D eigenvalue weighted by Crippen LogP contribution is 2.31. The molecule has 2 fully saturated rings. The number of nitrogens with one attached hydrogen (secondary N) is 1. The molecule has 4 heteroatoms. The van der Waals surface area contributed by atoms with Gasteiger partial charge in [0.2, 0.25) is 5.91 Å². The van der Waals surface area contributed by atoms with Crippen LogP contribution in [-0.4, -0.2) is 36.5 Å². The topological polar surface area (TPSA) is 32.3 Å². The molecule has 1 N–H and O–H groups in total. The number of halogens is 1. The molecule has 0 aromatic heterocycles. The first kappa shape index (κ1) is 12.9. The first-order valence-electron chi connectivity index (χ1n) is 6.99. The monoisotopic (exact) mass is 278 g/mol. The lowest BCUT2D eigenvalue weighted by molar-refractivity contribution is -0.130. The lowest BCUT2D eigenvalue weighted by Gasteiger charge is -2.31. The highest BCUT2D eigenvalue weighted by atomic mass is 35.5. The number of piperidine rings is 1. The molecule has 2 aliphatic rings. The second-order valence-corrected chi connectivity index (χ2v) is 5.92. The second-order valence-electron chi connectivity index (χ2n) is 5.48. The fourth-order valence-electron chi connectivity index (χ4n) is 3.16. The molecule has 102 valence electrons. The van der Waals surface area contributed by atoms with Crippen molar-refractivity contribution in [3.63, 3.8) is 0 Å². The van der Waals surface area contributed by atoms with Crippen LogP contribution < -0.4 is 5.32 Å². The number of carbonyl (C=O) groups is 1. The Morgan fingerprint density at radius 3 is 2.53 bits per heavy atom. The molecular formula is C15H19ClN2O. The van der Waals surface area contributed by atoms with Crippen molar-refractivity contribution in [3.8, 4) is 0 Å². The fraction of sp³-hybridized carbons (Fsp3) is 0.533. The zero-order chi connectivity index (χ0) is 13.2. The standard InChI is InChI=1S/C15H19ClN2O/c16-13-3-1-11(2-4-13)12-9-15(19)18(10-12)14-5-7-17-8-6-14/h1-4,12,14,17H,5-10H2/t12-/m1/s1. The number of amides is 1. The quantitative estimate of drug-likeness (QED) is 0.901. The molecule has 1 atom stereocenters. The number of nitrogens with zero attached hydrogens (tertiary/aromatic N) is 1. The van der Waals surface area contributed by atoms with Gasteiger partial charge in [-0.2, -0.15) is 0 Å². The van der Waals surface area contributed by atoms with Gasteiger partial charge in [0.15, 0.2) is 0 Å². The van der Waals surface area contributed by atoms with Crippen molar-refractivity contribution >= 4 is 17.5 Å². The molecule has 2 saturated heterocycles. The normalized spacial score (nSPS) is 25.0. The summed E-state index contributed by atoms with van der Waals surface area (Å²) in [6, 6.07) is 8.35. The van der Waals surface area contributed by atoms with E-state index in [2.05, 4.69) is 10.2 Å². The summed E-state index contributed by atoms with van der Waals surface area (Å²) in [5.74, 6) is 0.645. The van der Waals surface area contributed by atoms with Crippen LogP contribution in [-0.2, 0) is 4.79 Å². The van der Waals surface area contributed by atoms with E-state index in [1.165, 1.54) is 5.56 Å². The lowest BCUT2D eigenvalue weighted by atomic mass is 9.98. The largest absolute Gasteiger partial charge is 0.339 e. The number of rotatable bonds is 2. The maximum absolute atomic E-state index is 12.2. The minimum atomic E-state index is 0.312. The summed E-state index contributed by atoms with van der Waals surface area (Å²) in [7, 11) is 0. The predicted octanol–water partition coefficient (Wildman–Crippen LogP) is 2.41. The molecule has 0 aliphatic carbocycles. The van der Waals surface area contributed by atoms with Gasteiger partial charge >= 0.3 is 0 Å². The molecule has 1 amide bonds. The Morgan fingerprint density at radius 1 is 1.16 bits per heavy atom. The molecule has 1 aromatic rings. The van der Waals surface area contributed by atoms with Crippen molar-refractivity contribution in [3.05, 3.63) is 34.9 Å². The number of carbonyl (C=O) groups excluding carboxylic acids is 1. The van der Waals surface area contributed by atoms with Crippen molar-refractivity contribution in [1.82, 2.24) is 10.2 Å². The van der Waals surface area contributed by atoms with Gasteiger partial charge in [-0.25, -0.2) is 0 Å². The van der Waals surface area contributed by atoms with Crippen LogP contribution in [0.25, 0.3) is 0 Å². The van der Waals surface area contributed by atoms with E-state index in [1.54, 1.807) is 0 Å². The van der Waals surface area contributed by atoms with Crippen LogP contribution in [0.15, 0.2) is 24.3 Å². The van der Waals surface area contributed by atoms with Crippen molar-refractivity contribution < 1.29 is 4.79 Å². The molecule has 3 rings (SSSR count). The lowest BCUT2D eigenvalue weighted by Crippen LogP contribution is -2.43. The van der Waals surface area contributed by atoms with E-state index < -0.39 is 0 Å². The zero-order valence-electron chi connectivity index (χ0n) is 10.9. The van der Waals surface area contributed by atoms with Gasteiger partial charge in [-0.05, 0) is 43.6 Å². The van der Waals surface area contributed by atoms with Crippen molar-refractivity contribution in [2.45, 2.75) is 31.2 Å². The summed E-state index contributed by atoms with van der Waals surface area (Å²) >= 11 is 5.91. The van der Waals surface area contributed by atoms with E-state index in [1.807, 2.05) is 24.3 Å². The third-order valence-electron chi connectivity index (χ3n) is 4.25. The summed E-state index contributed by atoms with van der Waals surface area (Å²) in [5.41, 5.74) is 1.23. The molecule has 0 bridgehead atoms. The number of hydrogen-bond acceptors (Lipinski definition) is 2. The van der Waals surface area contributed by atoms with Crippen LogP contribution in [0, 0.1) is 0 Å². The molecule has 0 saturated carbocycles.